The standard InChI is InChI=1S/C16H25BrFNO/c1-4-9-19-15(8-5-12(2)20-3)10-13-6-7-14(17)11-16(13)18/h6-7,11-12,15,19H,4-5,8-10H2,1-3H3. The molecule has 1 aromatic rings. The Morgan fingerprint density at radius 2 is 2.10 bits per heavy atom. The minimum atomic E-state index is -0.137. The van der Waals surface area contributed by atoms with Gasteiger partial charge in [0.15, 0.2) is 0 Å². The molecule has 0 aliphatic heterocycles. The van der Waals surface area contributed by atoms with Crippen molar-refractivity contribution in [3.8, 4) is 0 Å². The molecule has 0 fully saturated rings. The predicted octanol–water partition coefficient (Wildman–Crippen LogP) is 4.31. The van der Waals surface area contributed by atoms with Crippen LogP contribution >= 0.6 is 15.9 Å². The Morgan fingerprint density at radius 3 is 2.70 bits per heavy atom. The first kappa shape index (κ1) is 17.6. The lowest BCUT2D eigenvalue weighted by Gasteiger charge is -2.20. The lowest BCUT2D eigenvalue weighted by molar-refractivity contribution is 0.106. The fourth-order valence-corrected chi connectivity index (χ4v) is 2.46. The molecule has 20 heavy (non-hydrogen) atoms. The molecule has 1 aromatic carbocycles. The quantitative estimate of drug-likeness (QED) is 0.719. The second-order valence-electron chi connectivity index (χ2n) is 5.21. The summed E-state index contributed by atoms with van der Waals surface area (Å²) in [6, 6.07) is 5.58. The van der Waals surface area contributed by atoms with Gasteiger partial charge in [0.1, 0.15) is 5.82 Å². The van der Waals surface area contributed by atoms with E-state index in [1.807, 2.05) is 12.1 Å². The van der Waals surface area contributed by atoms with Crippen LogP contribution in [0, 0.1) is 5.82 Å². The highest BCUT2D eigenvalue weighted by Crippen LogP contribution is 2.18. The van der Waals surface area contributed by atoms with Crippen LogP contribution in [0.5, 0.6) is 0 Å². The summed E-state index contributed by atoms with van der Waals surface area (Å²) < 4.78 is 20.0. The zero-order chi connectivity index (χ0) is 15.0. The van der Waals surface area contributed by atoms with E-state index in [9.17, 15) is 4.39 Å². The van der Waals surface area contributed by atoms with Crippen molar-refractivity contribution in [2.75, 3.05) is 13.7 Å². The molecule has 0 aliphatic rings. The van der Waals surface area contributed by atoms with Gasteiger partial charge in [-0.15, -0.1) is 0 Å². The molecule has 114 valence electrons. The van der Waals surface area contributed by atoms with Crippen molar-refractivity contribution in [2.45, 2.75) is 51.7 Å². The smallest absolute Gasteiger partial charge is 0.127 e. The Balaban J connectivity index is 2.62. The van der Waals surface area contributed by atoms with Crippen LogP contribution in [0.1, 0.15) is 38.7 Å². The monoisotopic (exact) mass is 345 g/mol. The van der Waals surface area contributed by atoms with Crippen LogP contribution in [0.2, 0.25) is 0 Å². The van der Waals surface area contributed by atoms with E-state index in [1.165, 1.54) is 6.07 Å². The number of halogens is 2. The average Bonchev–Trinajstić information content (AvgIpc) is 2.43. The Morgan fingerprint density at radius 1 is 1.35 bits per heavy atom. The van der Waals surface area contributed by atoms with Crippen LogP contribution < -0.4 is 5.32 Å². The summed E-state index contributed by atoms with van der Waals surface area (Å²) >= 11 is 3.29. The van der Waals surface area contributed by atoms with E-state index in [0.717, 1.165) is 42.3 Å². The van der Waals surface area contributed by atoms with Crippen molar-refractivity contribution in [1.29, 1.82) is 0 Å². The van der Waals surface area contributed by atoms with Gasteiger partial charge in [0.05, 0.1) is 6.10 Å². The highest BCUT2D eigenvalue weighted by atomic mass is 79.9. The molecule has 1 rings (SSSR count). The summed E-state index contributed by atoms with van der Waals surface area (Å²) in [5.74, 6) is -0.137. The van der Waals surface area contributed by atoms with E-state index in [0.29, 0.717) is 6.04 Å². The average molecular weight is 346 g/mol. The molecule has 4 heteroatoms. The number of ether oxygens (including phenoxy) is 1. The molecule has 0 aromatic heterocycles. The summed E-state index contributed by atoms with van der Waals surface area (Å²) in [6.45, 7) is 5.17. The zero-order valence-electron chi connectivity index (χ0n) is 12.6. The summed E-state index contributed by atoms with van der Waals surface area (Å²) in [7, 11) is 1.73. The van der Waals surface area contributed by atoms with Gasteiger partial charge in [-0.2, -0.15) is 0 Å². The first-order valence-electron chi connectivity index (χ1n) is 7.26. The number of nitrogens with one attached hydrogen (secondary N) is 1. The largest absolute Gasteiger partial charge is 0.382 e. The van der Waals surface area contributed by atoms with Crippen LogP contribution in [-0.4, -0.2) is 25.8 Å². The molecule has 0 spiro atoms. The third kappa shape index (κ3) is 6.33. The van der Waals surface area contributed by atoms with Crippen molar-refractivity contribution < 1.29 is 9.13 Å². The van der Waals surface area contributed by atoms with Gasteiger partial charge in [-0.3, -0.25) is 0 Å². The van der Waals surface area contributed by atoms with Gasteiger partial charge in [-0.05, 0) is 56.8 Å². The summed E-state index contributed by atoms with van der Waals surface area (Å²) in [6.07, 6.45) is 4.02. The number of rotatable bonds is 9. The fraction of sp³-hybridized carbons (Fsp3) is 0.625. The first-order chi connectivity index (χ1) is 9.56. The molecule has 2 unspecified atom stereocenters. The van der Waals surface area contributed by atoms with Crippen molar-refractivity contribution in [1.82, 2.24) is 5.32 Å². The lowest BCUT2D eigenvalue weighted by atomic mass is 10.00. The van der Waals surface area contributed by atoms with Gasteiger partial charge in [0.25, 0.3) is 0 Å². The van der Waals surface area contributed by atoms with Crippen molar-refractivity contribution >= 4 is 15.9 Å². The summed E-state index contributed by atoms with van der Waals surface area (Å²) in [5.41, 5.74) is 0.770. The van der Waals surface area contributed by atoms with Gasteiger partial charge in [0.2, 0.25) is 0 Å². The molecule has 0 radical (unpaired) electrons. The molecule has 2 nitrogen and oxygen atoms in total. The molecule has 0 amide bonds. The molecule has 0 saturated carbocycles. The Labute approximate surface area is 130 Å². The van der Waals surface area contributed by atoms with Crippen LogP contribution in [-0.2, 0) is 11.2 Å². The van der Waals surface area contributed by atoms with Gasteiger partial charge in [0, 0.05) is 17.6 Å². The van der Waals surface area contributed by atoms with Crippen LogP contribution in [0.4, 0.5) is 4.39 Å². The minimum absolute atomic E-state index is 0.137. The second-order valence-corrected chi connectivity index (χ2v) is 6.13. The van der Waals surface area contributed by atoms with Crippen molar-refractivity contribution in [3.63, 3.8) is 0 Å². The minimum Gasteiger partial charge on any atom is -0.382 e. The van der Waals surface area contributed by atoms with E-state index in [1.54, 1.807) is 7.11 Å². The second kappa shape index (κ2) is 9.48. The number of benzene rings is 1. The maximum Gasteiger partial charge on any atom is 0.127 e. The van der Waals surface area contributed by atoms with E-state index < -0.39 is 0 Å². The molecule has 0 aliphatic carbocycles. The van der Waals surface area contributed by atoms with Gasteiger partial charge in [-0.25, -0.2) is 4.39 Å². The molecule has 1 N–H and O–H groups in total. The highest BCUT2D eigenvalue weighted by Gasteiger charge is 2.13. The third-order valence-electron chi connectivity index (χ3n) is 3.49. The van der Waals surface area contributed by atoms with E-state index in [-0.39, 0.29) is 11.9 Å². The van der Waals surface area contributed by atoms with Gasteiger partial charge < -0.3 is 10.1 Å². The Bertz CT molecular complexity index is 400. The van der Waals surface area contributed by atoms with E-state index >= 15 is 0 Å². The molecule has 0 saturated heterocycles. The lowest BCUT2D eigenvalue weighted by Crippen LogP contribution is -2.33. The maximum atomic E-state index is 13.9. The zero-order valence-corrected chi connectivity index (χ0v) is 14.2. The Kier molecular flexibility index (Phi) is 8.34. The molecule has 0 heterocycles. The van der Waals surface area contributed by atoms with Gasteiger partial charge >= 0.3 is 0 Å². The summed E-state index contributed by atoms with van der Waals surface area (Å²) in [4.78, 5) is 0. The predicted molar refractivity (Wildman–Crippen MR) is 85.6 cm³/mol. The van der Waals surface area contributed by atoms with Crippen molar-refractivity contribution in [2.24, 2.45) is 0 Å². The normalized spacial score (nSPS) is 14.2. The number of methoxy groups -OCH3 is 1. The highest BCUT2D eigenvalue weighted by molar-refractivity contribution is 9.10. The van der Waals surface area contributed by atoms with E-state index in [2.05, 4.69) is 35.1 Å². The third-order valence-corrected chi connectivity index (χ3v) is 3.98. The maximum absolute atomic E-state index is 13.9. The summed E-state index contributed by atoms with van der Waals surface area (Å²) in [5, 5.41) is 3.51. The van der Waals surface area contributed by atoms with Crippen LogP contribution in [0.25, 0.3) is 0 Å². The topological polar surface area (TPSA) is 21.3 Å². The van der Waals surface area contributed by atoms with Crippen LogP contribution in [0.3, 0.4) is 0 Å². The fourth-order valence-electron chi connectivity index (χ4n) is 2.13. The number of hydrogen-bond donors (Lipinski definition) is 1. The Hall–Kier alpha value is -0.450. The molecular weight excluding hydrogens is 321 g/mol. The first-order valence-corrected chi connectivity index (χ1v) is 8.06. The van der Waals surface area contributed by atoms with Crippen molar-refractivity contribution in [3.05, 3.63) is 34.1 Å². The molecular formula is C16H25BrFNO. The molecule has 0 bridgehead atoms. The van der Waals surface area contributed by atoms with Crippen LogP contribution in [0.15, 0.2) is 22.7 Å². The van der Waals surface area contributed by atoms with Gasteiger partial charge in [-0.1, -0.05) is 28.9 Å². The SMILES string of the molecule is CCCNC(CCC(C)OC)Cc1ccc(Br)cc1F. The molecule has 2 atom stereocenters. The number of hydrogen-bond acceptors (Lipinski definition) is 2. The van der Waals surface area contributed by atoms with E-state index in [4.69, 9.17) is 4.74 Å².